The van der Waals surface area contributed by atoms with E-state index in [2.05, 4.69) is 0 Å². The van der Waals surface area contributed by atoms with E-state index in [-0.39, 0.29) is 0 Å². The molecule has 6 heteroatoms. The third-order valence-electron chi connectivity index (χ3n) is 1.74. The lowest BCUT2D eigenvalue weighted by Crippen LogP contribution is -2.56. The molecule has 1 heterocycles. The first-order valence-electron chi connectivity index (χ1n) is 3.27. The summed E-state index contributed by atoms with van der Waals surface area (Å²) in [6, 6.07) is 0. The highest BCUT2D eigenvalue weighted by molar-refractivity contribution is 7.89. The number of rotatable bonds is 3. The second kappa shape index (κ2) is 2.88. The van der Waals surface area contributed by atoms with Crippen LogP contribution >= 0.6 is 0 Å². The van der Waals surface area contributed by atoms with Crippen molar-refractivity contribution in [3.05, 3.63) is 0 Å². The van der Waals surface area contributed by atoms with E-state index in [1.54, 1.807) is 0 Å². The van der Waals surface area contributed by atoms with Crippen LogP contribution in [0.25, 0.3) is 0 Å². The van der Waals surface area contributed by atoms with E-state index < -0.39 is 15.3 Å². The molecule has 0 atom stereocenters. The van der Waals surface area contributed by atoms with Gasteiger partial charge in [-0.25, -0.2) is 13.6 Å². The second-order valence-electron chi connectivity index (χ2n) is 2.63. The standard InChI is InChI=1S/C5H11N3O2S/c6-1-2-8-3-5(4-8)11(7,9)10/h1,5-6H,2-4H2,(H2,7,9,10). The van der Waals surface area contributed by atoms with E-state index in [4.69, 9.17) is 10.5 Å². The fourth-order valence-corrected chi connectivity index (χ4v) is 1.85. The molecule has 0 aromatic carbocycles. The molecule has 0 spiro atoms. The Labute approximate surface area is 65.7 Å². The van der Waals surface area contributed by atoms with Crippen molar-refractivity contribution >= 4 is 16.2 Å². The normalized spacial score (nSPS) is 21.2. The van der Waals surface area contributed by atoms with Crippen molar-refractivity contribution in [3.63, 3.8) is 0 Å². The Kier molecular flexibility index (Phi) is 2.26. The average molecular weight is 177 g/mol. The minimum Gasteiger partial charge on any atom is -0.312 e. The highest BCUT2D eigenvalue weighted by atomic mass is 32.2. The van der Waals surface area contributed by atoms with Crippen LogP contribution in [0.5, 0.6) is 0 Å². The molecule has 0 unspecified atom stereocenters. The zero-order valence-corrected chi connectivity index (χ0v) is 6.84. The van der Waals surface area contributed by atoms with Crippen LogP contribution in [0.1, 0.15) is 0 Å². The van der Waals surface area contributed by atoms with Crippen LogP contribution in [0.15, 0.2) is 0 Å². The summed E-state index contributed by atoms with van der Waals surface area (Å²) < 4.78 is 21.3. The predicted molar refractivity (Wildman–Crippen MR) is 42.1 cm³/mol. The Hall–Kier alpha value is -0.460. The molecule has 1 aliphatic heterocycles. The molecule has 64 valence electrons. The molecule has 1 aliphatic rings. The zero-order valence-electron chi connectivity index (χ0n) is 6.03. The van der Waals surface area contributed by atoms with E-state index in [1.165, 1.54) is 6.21 Å². The molecule has 0 radical (unpaired) electrons. The van der Waals surface area contributed by atoms with Gasteiger partial charge in [-0.1, -0.05) is 0 Å². The summed E-state index contributed by atoms with van der Waals surface area (Å²) in [6.45, 7) is 1.45. The number of sulfonamides is 1. The van der Waals surface area contributed by atoms with Crippen LogP contribution in [0.2, 0.25) is 0 Å². The molecule has 0 amide bonds. The van der Waals surface area contributed by atoms with Crippen molar-refractivity contribution < 1.29 is 8.42 Å². The van der Waals surface area contributed by atoms with Gasteiger partial charge in [0.2, 0.25) is 10.0 Å². The lowest BCUT2D eigenvalue weighted by Gasteiger charge is -2.36. The molecule has 5 nitrogen and oxygen atoms in total. The van der Waals surface area contributed by atoms with Crippen LogP contribution < -0.4 is 5.14 Å². The molecule has 0 aromatic rings. The van der Waals surface area contributed by atoms with Gasteiger partial charge >= 0.3 is 0 Å². The van der Waals surface area contributed by atoms with Crippen LogP contribution in [-0.4, -0.2) is 44.4 Å². The highest BCUT2D eigenvalue weighted by Gasteiger charge is 2.34. The summed E-state index contributed by atoms with van der Waals surface area (Å²) in [5.41, 5.74) is 0. The topological polar surface area (TPSA) is 87.2 Å². The van der Waals surface area contributed by atoms with Gasteiger partial charge in [0.15, 0.2) is 0 Å². The smallest absolute Gasteiger partial charge is 0.214 e. The van der Waals surface area contributed by atoms with Crippen LogP contribution in [0, 0.1) is 5.41 Å². The van der Waals surface area contributed by atoms with Gasteiger partial charge in [0.1, 0.15) is 5.25 Å². The maximum Gasteiger partial charge on any atom is 0.214 e. The summed E-state index contributed by atoms with van der Waals surface area (Å²) in [5.74, 6) is 0. The summed E-state index contributed by atoms with van der Waals surface area (Å²) in [5, 5.41) is 11.2. The second-order valence-corrected chi connectivity index (χ2v) is 4.48. The Balaban J connectivity index is 2.35. The van der Waals surface area contributed by atoms with Gasteiger partial charge in [-0.05, 0) is 0 Å². The van der Waals surface area contributed by atoms with Gasteiger partial charge in [-0.2, -0.15) is 0 Å². The van der Waals surface area contributed by atoms with Gasteiger partial charge in [-0.3, -0.25) is 4.90 Å². The van der Waals surface area contributed by atoms with Gasteiger partial charge in [0.25, 0.3) is 0 Å². The average Bonchev–Trinajstić information content (AvgIpc) is 1.74. The van der Waals surface area contributed by atoms with Crippen LogP contribution in [0.3, 0.4) is 0 Å². The monoisotopic (exact) mass is 177 g/mol. The minimum atomic E-state index is -3.33. The number of nitrogens with one attached hydrogen (secondary N) is 1. The number of primary sulfonamides is 1. The molecular weight excluding hydrogens is 166 g/mol. The van der Waals surface area contributed by atoms with Crippen molar-refractivity contribution in [1.29, 1.82) is 5.41 Å². The first-order valence-corrected chi connectivity index (χ1v) is 4.88. The van der Waals surface area contributed by atoms with Gasteiger partial charge in [0, 0.05) is 25.8 Å². The first kappa shape index (κ1) is 8.63. The SMILES string of the molecule is N=CCN1CC(S(N)(=O)=O)C1. The van der Waals surface area contributed by atoms with Crippen LogP contribution in [-0.2, 0) is 10.0 Å². The Morgan fingerprint density at radius 1 is 1.64 bits per heavy atom. The molecule has 11 heavy (non-hydrogen) atoms. The summed E-state index contributed by atoms with van der Waals surface area (Å²) in [4.78, 5) is 1.85. The fourth-order valence-electron chi connectivity index (χ4n) is 1.01. The third-order valence-corrected chi connectivity index (χ3v) is 2.97. The summed E-state index contributed by atoms with van der Waals surface area (Å²) in [6.07, 6.45) is 1.25. The molecule has 3 N–H and O–H groups in total. The fraction of sp³-hybridized carbons (Fsp3) is 0.800. The molecule has 0 bridgehead atoms. The molecule has 1 rings (SSSR count). The largest absolute Gasteiger partial charge is 0.312 e. The van der Waals surface area contributed by atoms with E-state index in [0.717, 1.165) is 0 Å². The molecule has 1 fully saturated rings. The van der Waals surface area contributed by atoms with Gasteiger partial charge < -0.3 is 5.41 Å². The molecule has 0 saturated carbocycles. The van der Waals surface area contributed by atoms with Crippen molar-refractivity contribution in [2.24, 2.45) is 5.14 Å². The lowest BCUT2D eigenvalue weighted by molar-refractivity contribution is 0.214. The number of nitrogens with zero attached hydrogens (tertiary/aromatic N) is 1. The summed E-state index contributed by atoms with van der Waals surface area (Å²) in [7, 11) is -3.33. The predicted octanol–water partition coefficient (Wildman–Crippen LogP) is -1.39. The van der Waals surface area contributed by atoms with Crippen molar-refractivity contribution in [1.82, 2.24) is 4.90 Å². The highest BCUT2D eigenvalue weighted by Crippen LogP contribution is 2.12. The molecule has 0 aliphatic carbocycles. The number of likely N-dealkylation sites (tertiary alicyclic amines) is 1. The van der Waals surface area contributed by atoms with Crippen molar-refractivity contribution in [2.75, 3.05) is 19.6 Å². The van der Waals surface area contributed by atoms with Crippen LogP contribution in [0.4, 0.5) is 0 Å². The molecule has 1 saturated heterocycles. The summed E-state index contributed by atoms with van der Waals surface area (Å²) >= 11 is 0. The number of hydrogen-bond acceptors (Lipinski definition) is 4. The van der Waals surface area contributed by atoms with Crippen molar-refractivity contribution in [3.8, 4) is 0 Å². The quantitative estimate of drug-likeness (QED) is 0.520. The Bertz CT molecular complexity index is 242. The van der Waals surface area contributed by atoms with Gasteiger partial charge in [-0.15, -0.1) is 0 Å². The van der Waals surface area contributed by atoms with E-state index >= 15 is 0 Å². The minimum absolute atomic E-state index is 0.414. The molecular formula is C5H11N3O2S. The molecule has 0 aromatic heterocycles. The van der Waals surface area contributed by atoms with E-state index in [1.807, 2.05) is 4.90 Å². The van der Waals surface area contributed by atoms with Crippen molar-refractivity contribution in [2.45, 2.75) is 5.25 Å². The number of hydrogen-bond donors (Lipinski definition) is 2. The number of nitrogens with two attached hydrogens (primary N) is 1. The Morgan fingerprint density at radius 3 is 2.55 bits per heavy atom. The lowest BCUT2D eigenvalue weighted by atomic mass is 10.2. The van der Waals surface area contributed by atoms with Gasteiger partial charge in [0.05, 0.1) is 0 Å². The third kappa shape index (κ3) is 1.98. The Morgan fingerprint density at radius 2 is 2.18 bits per heavy atom. The van der Waals surface area contributed by atoms with E-state index in [0.29, 0.717) is 19.6 Å². The maximum absolute atomic E-state index is 10.7. The zero-order chi connectivity index (χ0) is 8.48. The maximum atomic E-state index is 10.7. The first-order chi connectivity index (χ1) is 5.04. The van der Waals surface area contributed by atoms with E-state index in [9.17, 15) is 8.42 Å².